The van der Waals surface area contributed by atoms with Gasteiger partial charge in [-0.1, -0.05) is 23.2 Å². The Labute approximate surface area is 154 Å². The van der Waals surface area contributed by atoms with Crippen molar-refractivity contribution in [2.45, 2.75) is 26.4 Å². The van der Waals surface area contributed by atoms with Crippen molar-refractivity contribution in [3.63, 3.8) is 0 Å². The predicted molar refractivity (Wildman–Crippen MR) is 94.9 cm³/mol. The first-order valence-electron chi connectivity index (χ1n) is 7.12. The fraction of sp³-hybridized carbons (Fsp3) is 0.312. The largest absolute Gasteiger partial charge is 0.464 e. The van der Waals surface area contributed by atoms with Crippen LogP contribution >= 0.6 is 34.5 Å². The van der Waals surface area contributed by atoms with Gasteiger partial charge >= 0.3 is 5.97 Å². The number of benzene rings is 1. The van der Waals surface area contributed by atoms with Crippen molar-refractivity contribution >= 4 is 46.4 Å². The van der Waals surface area contributed by atoms with Crippen LogP contribution in [0.1, 0.15) is 39.7 Å². The minimum Gasteiger partial charge on any atom is -0.464 e. The van der Waals surface area contributed by atoms with Gasteiger partial charge in [0.2, 0.25) is 0 Å². The number of aromatic nitrogens is 1. The number of carbonyl (C=O) groups excluding carboxylic acids is 2. The van der Waals surface area contributed by atoms with Crippen LogP contribution in [0, 0.1) is 0 Å². The Morgan fingerprint density at radius 2 is 2.00 bits per heavy atom. The lowest BCUT2D eigenvalue weighted by atomic mass is 10.1. The van der Waals surface area contributed by atoms with Crippen LogP contribution in [-0.2, 0) is 11.3 Å². The van der Waals surface area contributed by atoms with Gasteiger partial charge in [-0.3, -0.25) is 4.79 Å². The van der Waals surface area contributed by atoms with E-state index in [9.17, 15) is 9.59 Å². The summed E-state index contributed by atoms with van der Waals surface area (Å²) >= 11 is 13.2. The Balaban J connectivity index is 2.22. The average Bonchev–Trinajstić information content (AvgIpc) is 3.02. The lowest BCUT2D eigenvalue weighted by Gasteiger charge is -2.26. The summed E-state index contributed by atoms with van der Waals surface area (Å²) < 4.78 is 4.64. The second-order valence-electron chi connectivity index (χ2n) is 5.27. The van der Waals surface area contributed by atoms with E-state index in [1.807, 2.05) is 13.8 Å². The fourth-order valence-electron chi connectivity index (χ4n) is 2.01. The third-order valence-corrected chi connectivity index (χ3v) is 4.88. The van der Waals surface area contributed by atoms with E-state index in [0.717, 1.165) is 0 Å². The lowest BCUT2D eigenvalue weighted by molar-refractivity contribution is 0.0594. The van der Waals surface area contributed by atoms with E-state index < -0.39 is 5.97 Å². The van der Waals surface area contributed by atoms with E-state index in [4.69, 9.17) is 23.2 Å². The molecule has 0 atom stereocenters. The van der Waals surface area contributed by atoms with Crippen molar-refractivity contribution in [1.82, 2.24) is 9.88 Å². The van der Waals surface area contributed by atoms with E-state index in [0.29, 0.717) is 27.2 Å². The minimum absolute atomic E-state index is 0.0579. The highest BCUT2D eigenvalue weighted by atomic mass is 35.5. The first kappa shape index (κ1) is 18.7. The summed E-state index contributed by atoms with van der Waals surface area (Å²) in [7, 11) is 1.30. The van der Waals surface area contributed by atoms with Crippen molar-refractivity contribution in [3.05, 3.63) is 49.9 Å². The van der Waals surface area contributed by atoms with E-state index in [-0.39, 0.29) is 17.6 Å². The standard InChI is InChI=1S/C16H16Cl2N2O3S/c1-9(2)20(7-14-19-13(8-24-14)16(22)23-3)15(21)10-4-5-11(17)12(18)6-10/h4-6,8-9H,7H2,1-3H3. The number of halogens is 2. The van der Waals surface area contributed by atoms with Gasteiger partial charge in [0, 0.05) is 17.0 Å². The molecule has 128 valence electrons. The molecule has 0 aliphatic rings. The molecule has 0 aliphatic heterocycles. The maximum Gasteiger partial charge on any atom is 0.357 e. The first-order valence-corrected chi connectivity index (χ1v) is 8.75. The van der Waals surface area contributed by atoms with Crippen molar-refractivity contribution in [3.8, 4) is 0 Å². The highest BCUT2D eigenvalue weighted by Gasteiger charge is 2.22. The molecule has 1 aromatic heterocycles. The van der Waals surface area contributed by atoms with Gasteiger partial charge in [-0.15, -0.1) is 11.3 Å². The summed E-state index contributed by atoms with van der Waals surface area (Å²) in [6, 6.07) is 4.71. The van der Waals surface area contributed by atoms with Crippen LogP contribution in [0.25, 0.3) is 0 Å². The van der Waals surface area contributed by atoms with Gasteiger partial charge in [0.15, 0.2) is 5.69 Å². The maximum atomic E-state index is 12.8. The smallest absolute Gasteiger partial charge is 0.357 e. The Hall–Kier alpha value is -1.63. The SMILES string of the molecule is COC(=O)c1csc(CN(C(=O)c2ccc(Cl)c(Cl)c2)C(C)C)n1. The van der Waals surface area contributed by atoms with Gasteiger partial charge in [0.1, 0.15) is 5.01 Å². The molecule has 1 aromatic carbocycles. The zero-order chi connectivity index (χ0) is 17.9. The number of methoxy groups -OCH3 is 1. The number of rotatable bonds is 5. The molecule has 1 heterocycles. The first-order chi connectivity index (χ1) is 11.3. The van der Waals surface area contributed by atoms with Crippen LogP contribution in [0.15, 0.2) is 23.6 Å². The molecule has 0 saturated carbocycles. The summed E-state index contributed by atoms with van der Waals surface area (Å²) in [4.78, 5) is 30.1. The molecule has 0 N–H and O–H groups in total. The number of ether oxygens (including phenoxy) is 1. The molecule has 0 unspecified atom stereocenters. The number of hydrogen-bond acceptors (Lipinski definition) is 5. The van der Waals surface area contributed by atoms with Crippen molar-refractivity contribution in [1.29, 1.82) is 0 Å². The molecule has 2 rings (SSSR count). The Morgan fingerprint density at radius 1 is 1.29 bits per heavy atom. The van der Waals surface area contributed by atoms with Crippen LogP contribution < -0.4 is 0 Å². The number of amides is 1. The summed E-state index contributed by atoms with van der Waals surface area (Å²) in [6.45, 7) is 4.10. The quantitative estimate of drug-likeness (QED) is 0.719. The zero-order valence-electron chi connectivity index (χ0n) is 13.4. The summed E-state index contributed by atoms with van der Waals surface area (Å²) in [5.41, 5.74) is 0.686. The number of thiazole rings is 1. The average molecular weight is 387 g/mol. The monoisotopic (exact) mass is 386 g/mol. The molecule has 2 aromatic rings. The molecule has 0 aliphatic carbocycles. The molecule has 0 fully saturated rings. The Bertz CT molecular complexity index is 762. The lowest BCUT2D eigenvalue weighted by Crippen LogP contribution is -2.36. The molecule has 0 spiro atoms. The van der Waals surface area contributed by atoms with Crippen molar-refractivity contribution < 1.29 is 14.3 Å². The van der Waals surface area contributed by atoms with E-state index in [1.54, 1.807) is 28.5 Å². The fourth-order valence-corrected chi connectivity index (χ4v) is 3.07. The number of esters is 1. The second kappa shape index (κ2) is 7.96. The van der Waals surface area contributed by atoms with Crippen molar-refractivity contribution in [2.24, 2.45) is 0 Å². The zero-order valence-corrected chi connectivity index (χ0v) is 15.7. The summed E-state index contributed by atoms with van der Waals surface area (Å²) in [5.74, 6) is -0.678. The van der Waals surface area contributed by atoms with Gasteiger partial charge in [-0.05, 0) is 32.0 Å². The van der Waals surface area contributed by atoms with Crippen LogP contribution in [0.4, 0.5) is 0 Å². The number of hydrogen-bond donors (Lipinski definition) is 0. The molecular formula is C16H16Cl2N2O3S. The van der Waals surface area contributed by atoms with Crippen molar-refractivity contribution in [2.75, 3.05) is 7.11 Å². The highest BCUT2D eigenvalue weighted by molar-refractivity contribution is 7.09. The molecule has 1 amide bonds. The normalized spacial score (nSPS) is 10.8. The molecule has 0 radical (unpaired) electrons. The van der Waals surface area contributed by atoms with Gasteiger partial charge in [0.25, 0.3) is 5.91 Å². The van der Waals surface area contributed by atoms with Gasteiger partial charge in [0.05, 0.1) is 23.7 Å². The van der Waals surface area contributed by atoms with Crippen LogP contribution in [0.5, 0.6) is 0 Å². The van der Waals surface area contributed by atoms with Crippen LogP contribution in [0.2, 0.25) is 10.0 Å². The Morgan fingerprint density at radius 3 is 2.58 bits per heavy atom. The van der Waals surface area contributed by atoms with E-state index in [1.165, 1.54) is 18.4 Å². The number of carbonyl (C=O) groups is 2. The summed E-state index contributed by atoms with van der Waals surface area (Å²) in [6.07, 6.45) is 0. The predicted octanol–water partition coefficient (Wildman–Crippen LogP) is 4.29. The molecule has 0 saturated heterocycles. The van der Waals surface area contributed by atoms with Gasteiger partial charge in [-0.2, -0.15) is 0 Å². The molecule has 24 heavy (non-hydrogen) atoms. The van der Waals surface area contributed by atoms with E-state index >= 15 is 0 Å². The highest BCUT2D eigenvalue weighted by Crippen LogP contribution is 2.24. The van der Waals surface area contributed by atoms with E-state index in [2.05, 4.69) is 9.72 Å². The third-order valence-electron chi connectivity index (χ3n) is 3.30. The van der Waals surface area contributed by atoms with Crippen LogP contribution in [0.3, 0.4) is 0 Å². The summed E-state index contributed by atoms with van der Waals surface area (Å²) in [5, 5.41) is 2.99. The van der Waals surface area contributed by atoms with Gasteiger partial charge in [-0.25, -0.2) is 9.78 Å². The Kier molecular flexibility index (Phi) is 6.21. The second-order valence-corrected chi connectivity index (χ2v) is 7.03. The van der Waals surface area contributed by atoms with Gasteiger partial charge < -0.3 is 9.64 Å². The maximum absolute atomic E-state index is 12.8. The molecular weight excluding hydrogens is 371 g/mol. The number of nitrogens with zero attached hydrogens (tertiary/aromatic N) is 2. The topological polar surface area (TPSA) is 59.5 Å². The molecule has 5 nitrogen and oxygen atoms in total. The molecule has 8 heteroatoms. The minimum atomic E-state index is -0.496. The van der Waals surface area contributed by atoms with Crippen LogP contribution in [-0.4, -0.2) is 34.9 Å². The molecule has 0 bridgehead atoms. The third kappa shape index (κ3) is 4.26.